The predicted molar refractivity (Wildman–Crippen MR) is 130 cm³/mol. The first kappa shape index (κ1) is 23.6. The second-order valence-electron chi connectivity index (χ2n) is 6.86. The van der Waals surface area contributed by atoms with Crippen molar-refractivity contribution >= 4 is 41.2 Å². The molecule has 0 fully saturated rings. The maximum atomic E-state index is 13.1. The normalized spacial score (nSPS) is 10.9. The van der Waals surface area contributed by atoms with Crippen LogP contribution in [-0.4, -0.2) is 30.6 Å². The van der Waals surface area contributed by atoms with Gasteiger partial charge in [-0.1, -0.05) is 42.5 Å². The van der Waals surface area contributed by atoms with Crippen LogP contribution in [0.25, 0.3) is 6.08 Å². The minimum absolute atomic E-state index is 0.0449. The van der Waals surface area contributed by atoms with Crippen LogP contribution in [0.5, 0.6) is 5.75 Å². The molecule has 0 heterocycles. The number of amides is 3. The number of anilines is 1. The van der Waals surface area contributed by atoms with Gasteiger partial charge >= 0.3 is 0 Å². The minimum Gasteiger partial charge on any atom is -0.496 e. The fourth-order valence-corrected chi connectivity index (χ4v) is 3.59. The summed E-state index contributed by atoms with van der Waals surface area (Å²) in [5.41, 5.74) is 6.80. The van der Waals surface area contributed by atoms with Gasteiger partial charge in [0.05, 0.1) is 12.9 Å². The largest absolute Gasteiger partial charge is 0.496 e. The SMILES string of the molecule is COc1ccccc1/C=C(/NC(=O)c1ccccc1)C(=O)Nc1cccc(SCC(N)=O)c1. The van der Waals surface area contributed by atoms with E-state index in [-0.39, 0.29) is 11.4 Å². The summed E-state index contributed by atoms with van der Waals surface area (Å²) >= 11 is 1.27. The molecule has 3 aromatic rings. The average Bonchev–Trinajstić information content (AvgIpc) is 2.83. The van der Waals surface area contributed by atoms with Crippen LogP contribution in [0.4, 0.5) is 5.69 Å². The van der Waals surface area contributed by atoms with Crippen molar-refractivity contribution in [3.05, 3.63) is 95.7 Å². The second-order valence-corrected chi connectivity index (χ2v) is 7.91. The second kappa shape index (κ2) is 11.5. The molecule has 0 saturated carbocycles. The number of nitrogens with one attached hydrogen (secondary N) is 2. The van der Waals surface area contributed by atoms with E-state index in [1.807, 2.05) is 18.2 Å². The standard InChI is InChI=1S/C25H23N3O4S/c1-32-22-13-6-5-10-18(22)14-21(28-24(30)17-8-3-2-4-9-17)25(31)27-19-11-7-12-20(15-19)33-16-23(26)29/h2-15H,16H2,1H3,(H2,26,29)(H,27,31)(H,28,30)/b21-14+. The highest BCUT2D eigenvalue weighted by atomic mass is 32.2. The topological polar surface area (TPSA) is 111 Å². The van der Waals surface area contributed by atoms with Gasteiger partial charge in [0.25, 0.3) is 11.8 Å². The van der Waals surface area contributed by atoms with Gasteiger partial charge in [0.2, 0.25) is 5.91 Å². The molecule has 0 bridgehead atoms. The van der Waals surface area contributed by atoms with Gasteiger partial charge < -0.3 is 21.1 Å². The smallest absolute Gasteiger partial charge is 0.272 e. The molecule has 8 heteroatoms. The lowest BCUT2D eigenvalue weighted by Crippen LogP contribution is -2.30. The van der Waals surface area contributed by atoms with Crippen LogP contribution in [0.2, 0.25) is 0 Å². The quantitative estimate of drug-likeness (QED) is 0.333. The monoisotopic (exact) mass is 461 g/mol. The van der Waals surface area contributed by atoms with E-state index in [4.69, 9.17) is 10.5 Å². The van der Waals surface area contributed by atoms with Gasteiger partial charge in [-0.3, -0.25) is 14.4 Å². The molecular formula is C25H23N3O4S. The molecule has 7 nitrogen and oxygen atoms in total. The molecule has 0 aliphatic carbocycles. The Morgan fingerprint density at radius 1 is 0.970 bits per heavy atom. The Bertz CT molecular complexity index is 1180. The number of carbonyl (C=O) groups is 3. The van der Waals surface area contributed by atoms with Gasteiger partial charge in [-0.2, -0.15) is 0 Å². The third-order valence-electron chi connectivity index (χ3n) is 4.44. The molecule has 168 valence electrons. The molecular weight excluding hydrogens is 438 g/mol. The number of para-hydroxylation sites is 1. The summed E-state index contributed by atoms with van der Waals surface area (Å²) in [5, 5.41) is 5.49. The average molecular weight is 462 g/mol. The van der Waals surface area contributed by atoms with Crippen LogP contribution in [0, 0.1) is 0 Å². The minimum atomic E-state index is -0.512. The third-order valence-corrected chi connectivity index (χ3v) is 5.46. The molecule has 3 aromatic carbocycles. The van der Waals surface area contributed by atoms with Crippen molar-refractivity contribution in [2.24, 2.45) is 5.73 Å². The lowest BCUT2D eigenvalue weighted by Gasteiger charge is -2.13. The molecule has 0 aliphatic rings. The van der Waals surface area contributed by atoms with Gasteiger partial charge in [-0.15, -0.1) is 11.8 Å². The van der Waals surface area contributed by atoms with E-state index in [0.29, 0.717) is 22.6 Å². The molecule has 4 N–H and O–H groups in total. The number of primary amides is 1. The molecule has 3 amide bonds. The van der Waals surface area contributed by atoms with Crippen LogP contribution in [0.15, 0.2) is 89.5 Å². The Kier molecular flexibility index (Phi) is 8.26. The van der Waals surface area contributed by atoms with Crippen LogP contribution in [-0.2, 0) is 9.59 Å². The van der Waals surface area contributed by atoms with Crippen LogP contribution in [0.1, 0.15) is 15.9 Å². The van der Waals surface area contributed by atoms with E-state index in [1.54, 1.807) is 66.7 Å². The summed E-state index contributed by atoms with van der Waals surface area (Å²) < 4.78 is 5.37. The number of ether oxygens (including phenoxy) is 1. The fourth-order valence-electron chi connectivity index (χ4n) is 2.90. The molecule has 0 aromatic heterocycles. The van der Waals surface area contributed by atoms with Crippen molar-refractivity contribution < 1.29 is 19.1 Å². The molecule has 0 radical (unpaired) electrons. The van der Waals surface area contributed by atoms with Crippen LogP contribution >= 0.6 is 11.8 Å². The maximum absolute atomic E-state index is 13.1. The number of carbonyl (C=O) groups excluding carboxylic acids is 3. The first-order valence-corrected chi connectivity index (χ1v) is 11.0. The van der Waals surface area contributed by atoms with E-state index in [0.717, 1.165) is 4.90 Å². The first-order chi connectivity index (χ1) is 16.0. The Balaban J connectivity index is 1.88. The summed E-state index contributed by atoms with van der Waals surface area (Å²) in [4.78, 5) is 37.7. The van der Waals surface area contributed by atoms with Gasteiger partial charge in [0.1, 0.15) is 11.4 Å². The fraction of sp³-hybridized carbons (Fsp3) is 0.0800. The van der Waals surface area contributed by atoms with E-state index >= 15 is 0 Å². The number of rotatable bonds is 9. The van der Waals surface area contributed by atoms with E-state index in [1.165, 1.54) is 18.9 Å². The number of methoxy groups -OCH3 is 1. The third kappa shape index (κ3) is 6.98. The summed E-state index contributed by atoms with van der Waals surface area (Å²) in [6.45, 7) is 0. The van der Waals surface area contributed by atoms with Crippen LogP contribution in [0.3, 0.4) is 0 Å². The number of hydrogen-bond donors (Lipinski definition) is 3. The molecule has 33 heavy (non-hydrogen) atoms. The van der Waals surface area contributed by atoms with Crippen molar-refractivity contribution in [3.8, 4) is 5.75 Å². The predicted octanol–water partition coefficient (Wildman–Crippen LogP) is 3.68. The highest BCUT2D eigenvalue weighted by molar-refractivity contribution is 8.00. The number of thioether (sulfide) groups is 1. The van der Waals surface area contributed by atoms with Gasteiger partial charge in [0.15, 0.2) is 0 Å². The molecule has 0 unspecified atom stereocenters. The number of nitrogens with two attached hydrogens (primary N) is 1. The van der Waals surface area contributed by atoms with E-state index in [9.17, 15) is 14.4 Å². The molecule has 0 aliphatic heterocycles. The van der Waals surface area contributed by atoms with E-state index < -0.39 is 17.7 Å². The Morgan fingerprint density at radius 2 is 1.70 bits per heavy atom. The maximum Gasteiger partial charge on any atom is 0.272 e. The first-order valence-electron chi connectivity index (χ1n) is 10.00. The Morgan fingerprint density at radius 3 is 2.42 bits per heavy atom. The highest BCUT2D eigenvalue weighted by Crippen LogP contribution is 2.23. The molecule has 0 atom stereocenters. The van der Waals surface area contributed by atoms with Gasteiger partial charge in [-0.05, 0) is 42.5 Å². The zero-order valence-electron chi connectivity index (χ0n) is 17.9. The van der Waals surface area contributed by atoms with Crippen molar-refractivity contribution in [3.63, 3.8) is 0 Å². The van der Waals surface area contributed by atoms with Crippen molar-refractivity contribution in [1.29, 1.82) is 0 Å². The molecule has 0 saturated heterocycles. The highest BCUT2D eigenvalue weighted by Gasteiger charge is 2.16. The van der Waals surface area contributed by atoms with Crippen molar-refractivity contribution in [2.45, 2.75) is 4.90 Å². The summed E-state index contributed by atoms with van der Waals surface area (Å²) in [6, 6.07) is 22.8. The Hall–Kier alpha value is -4.04. The number of hydrogen-bond acceptors (Lipinski definition) is 5. The summed E-state index contributed by atoms with van der Waals surface area (Å²) in [7, 11) is 1.53. The lowest BCUT2D eigenvalue weighted by atomic mass is 10.1. The number of benzene rings is 3. The van der Waals surface area contributed by atoms with Crippen molar-refractivity contribution in [1.82, 2.24) is 5.32 Å². The van der Waals surface area contributed by atoms with Crippen LogP contribution < -0.4 is 21.1 Å². The van der Waals surface area contributed by atoms with Crippen molar-refractivity contribution in [2.75, 3.05) is 18.2 Å². The van der Waals surface area contributed by atoms with Gasteiger partial charge in [-0.25, -0.2) is 0 Å². The summed E-state index contributed by atoms with van der Waals surface area (Å²) in [5.74, 6) is -0.676. The van der Waals surface area contributed by atoms with E-state index in [2.05, 4.69) is 10.6 Å². The Labute approximate surface area is 196 Å². The lowest BCUT2D eigenvalue weighted by molar-refractivity contribution is -0.115. The zero-order valence-corrected chi connectivity index (χ0v) is 18.7. The molecule has 3 rings (SSSR count). The van der Waals surface area contributed by atoms with Gasteiger partial charge in [0, 0.05) is 21.7 Å². The summed E-state index contributed by atoms with van der Waals surface area (Å²) in [6.07, 6.45) is 1.56. The zero-order chi connectivity index (χ0) is 23.6. The molecule has 0 spiro atoms.